The topological polar surface area (TPSA) is 61.4 Å². The Morgan fingerprint density at radius 2 is 2.15 bits per heavy atom. The molecule has 7 heteroatoms. The summed E-state index contributed by atoms with van der Waals surface area (Å²) < 4.78 is 4.05. The fraction of sp³-hybridized carbons (Fsp3) is 0.385. The van der Waals surface area contributed by atoms with Crippen LogP contribution in [0.25, 0.3) is 11.0 Å². The highest BCUT2D eigenvalue weighted by molar-refractivity contribution is 6.17. The largest absolute Gasteiger partial charge is 0.328 e. The molecule has 0 atom stereocenters. The Balaban J connectivity index is 1.79. The van der Waals surface area contributed by atoms with E-state index in [1.165, 1.54) is 0 Å². The number of halogens is 1. The van der Waals surface area contributed by atoms with Crippen LogP contribution in [0.2, 0.25) is 0 Å². The Morgan fingerprint density at radius 1 is 1.20 bits per heavy atom. The summed E-state index contributed by atoms with van der Waals surface area (Å²) in [5.41, 5.74) is 2.03. The minimum absolute atomic E-state index is 0.569. The lowest BCUT2D eigenvalue weighted by Crippen LogP contribution is -2.08. The molecule has 0 N–H and O–H groups in total. The second-order valence-corrected chi connectivity index (χ2v) is 4.88. The van der Waals surface area contributed by atoms with Crippen molar-refractivity contribution in [1.82, 2.24) is 29.5 Å². The van der Waals surface area contributed by atoms with Crippen molar-refractivity contribution in [2.24, 2.45) is 0 Å². The van der Waals surface area contributed by atoms with E-state index in [4.69, 9.17) is 11.6 Å². The van der Waals surface area contributed by atoms with Crippen LogP contribution in [0.4, 0.5) is 0 Å². The van der Waals surface area contributed by atoms with Crippen molar-refractivity contribution in [3.8, 4) is 0 Å². The van der Waals surface area contributed by atoms with Gasteiger partial charge in [-0.15, -0.1) is 16.7 Å². The Hall–Kier alpha value is -1.95. The van der Waals surface area contributed by atoms with E-state index in [1.807, 2.05) is 16.9 Å². The molecule has 0 radical (unpaired) electrons. The third-order valence-electron chi connectivity index (χ3n) is 3.19. The number of rotatable bonds is 6. The molecule has 0 spiro atoms. The van der Waals surface area contributed by atoms with Gasteiger partial charge >= 0.3 is 0 Å². The molecule has 3 aromatic heterocycles. The number of aromatic nitrogens is 6. The number of alkyl halides is 1. The van der Waals surface area contributed by atoms with E-state index in [0.29, 0.717) is 5.88 Å². The minimum Gasteiger partial charge on any atom is -0.328 e. The molecule has 0 amide bonds. The van der Waals surface area contributed by atoms with Gasteiger partial charge in [0.05, 0.1) is 17.9 Å². The first-order valence-electron chi connectivity index (χ1n) is 6.57. The molecule has 0 bridgehead atoms. The molecule has 0 unspecified atom stereocenters. The van der Waals surface area contributed by atoms with Crippen LogP contribution >= 0.6 is 11.6 Å². The molecular weight excluding hydrogens is 276 g/mol. The summed E-state index contributed by atoms with van der Waals surface area (Å²) >= 11 is 5.86. The average molecular weight is 291 g/mol. The zero-order valence-corrected chi connectivity index (χ0v) is 11.7. The van der Waals surface area contributed by atoms with Gasteiger partial charge in [-0.3, -0.25) is 9.67 Å². The van der Waals surface area contributed by atoms with E-state index in [1.54, 1.807) is 18.6 Å². The summed E-state index contributed by atoms with van der Waals surface area (Å²) in [6, 6.07) is 2.00. The summed E-state index contributed by atoms with van der Waals surface area (Å²) in [5.74, 6) is 1.58. The van der Waals surface area contributed by atoms with Crippen LogP contribution in [0.5, 0.6) is 0 Å². The zero-order valence-electron chi connectivity index (χ0n) is 11.0. The molecule has 3 aromatic rings. The van der Waals surface area contributed by atoms with Crippen LogP contribution in [-0.2, 0) is 19.5 Å². The number of imidazole rings is 1. The number of hydrogen-bond donors (Lipinski definition) is 0. The van der Waals surface area contributed by atoms with Crippen molar-refractivity contribution in [3.63, 3.8) is 0 Å². The molecular formula is C13H15ClN6. The lowest BCUT2D eigenvalue weighted by atomic mass is 10.3. The zero-order chi connectivity index (χ0) is 13.8. The van der Waals surface area contributed by atoms with E-state index in [-0.39, 0.29) is 0 Å². The number of aryl methyl sites for hydroxylation is 3. The maximum Gasteiger partial charge on any atom is 0.111 e. The molecule has 0 saturated carbocycles. The molecule has 3 rings (SSSR count). The third kappa shape index (κ3) is 2.65. The van der Waals surface area contributed by atoms with Crippen molar-refractivity contribution in [2.45, 2.75) is 25.9 Å². The summed E-state index contributed by atoms with van der Waals surface area (Å²) in [4.78, 5) is 8.72. The van der Waals surface area contributed by atoms with Gasteiger partial charge in [-0.05, 0) is 12.5 Å². The van der Waals surface area contributed by atoms with Crippen LogP contribution in [0.1, 0.15) is 12.2 Å². The molecule has 20 heavy (non-hydrogen) atoms. The average Bonchev–Trinajstić information content (AvgIpc) is 3.08. The van der Waals surface area contributed by atoms with Crippen molar-refractivity contribution in [1.29, 1.82) is 0 Å². The highest BCUT2D eigenvalue weighted by atomic mass is 35.5. The molecule has 6 nitrogen and oxygen atoms in total. The molecule has 0 fully saturated rings. The third-order valence-corrected chi connectivity index (χ3v) is 3.38. The van der Waals surface area contributed by atoms with Crippen LogP contribution in [0.3, 0.4) is 0 Å². The Morgan fingerprint density at radius 3 is 2.95 bits per heavy atom. The Labute approximate surface area is 121 Å². The second-order valence-electron chi connectivity index (χ2n) is 4.50. The molecule has 104 valence electrons. The minimum atomic E-state index is 0.569. The van der Waals surface area contributed by atoms with Crippen LogP contribution in [-0.4, -0.2) is 35.4 Å². The van der Waals surface area contributed by atoms with E-state index in [2.05, 4.69) is 24.8 Å². The van der Waals surface area contributed by atoms with Gasteiger partial charge in [0, 0.05) is 37.8 Å². The molecule has 3 heterocycles. The predicted octanol–water partition coefficient (Wildman–Crippen LogP) is 1.89. The van der Waals surface area contributed by atoms with Crippen LogP contribution < -0.4 is 0 Å². The number of pyridine rings is 1. The molecule has 0 aliphatic heterocycles. The summed E-state index contributed by atoms with van der Waals surface area (Å²) in [6.07, 6.45) is 8.88. The summed E-state index contributed by atoms with van der Waals surface area (Å²) in [7, 11) is 0. The maximum absolute atomic E-state index is 5.86. The molecule has 0 aliphatic carbocycles. The number of hydrogen-bond acceptors (Lipinski definition) is 4. The fourth-order valence-electron chi connectivity index (χ4n) is 2.30. The van der Waals surface area contributed by atoms with Gasteiger partial charge < -0.3 is 4.57 Å². The highest BCUT2D eigenvalue weighted by Gasteiger charge is 2.09. The molecule has 0 aromatic carbocycles. The standard InChI is InChI=1S/C13H15ClN6/c14-4-2-13-17-11-10-15-5-3-12(11)20(13)8-1-7-19-9-6-16-18-19/h3,5-6,9-10H,1-2,4,7-8H2. The van der Waals surface area contributed by atoms with Gasteiger partial charge in [-0.2, -0.15) is 0 Å². The smallest absolute Gasteiger partial charge is 0.111 e. The lowest BCUT2D eigenvalue weighted by Gasteiger charge is -2.08. The van der Waals surface area contributed by atoms with Gasteiger partial charge in [0.2, 0.25) is 0 Å². The van der Waals surface area contributed by atoms with Gasteiger partial charge in [0.1, 0.15) is 11.3 Å². The van der Waals surface area contributed by atoms with Crippen molar-refractivity contribution in [2.75, 3.05) is 5.88 Å². The first kappa shape index (κ1) is 13.1. The normalized spacial score (nSPS) is 11.2. The van der Waals surface area contributed by atoms with E-state index in [0.717, 1.165) is 42.8 Å². The predicted molar refractivity (Wildman–Crippen MR) is 76.6 cm³/mol. The first-order chi connectivity index (χ1) is 9.88. The Bertz CT molecular complexity index is 675. The highest BCUT2D eigenvalue weighted by Crippen LogP contribution is 2.16. The maximum atomic E-state index is 5.86. The van der Waals surface area contributed by atoms with Crippen molar-refractivity contribution < 1.29 is 0 Å². The van der Waals surface area contributed by atoms with E-state index < -0.39 is 0 Å². The summed E-state index contributed by atoms with van der Waals surface area (Å²) in [6.45, 7) is 1.72. The van der Waals surface area contributed by atoms with Crippen LogP contribution in [0, 0.1) is 0 Å². The first-order valence-corrected chi connectivity index (χ1v) is 7.11. The van der Waals surface area contributed by atoms with Crippen LogP contribution in [0.15, 0.2) is 30.9 Å². The van der Waals surface area contributed by atoms with Crippen molar-refractivity contribution >= 4 is 22.6 Å². The van der Waals surface area contributed by atoms with Gasteiger partial charge in [-0.25, -0.2) is 4.98 Å². The SMILES string of the molecule is ClCCc1nc2cnccc2n1CCCn1ccnn1. The molecule has 0 saturated heterocycles. The van der Waals surface area contributed by atoms with Gasteiger partial charge in [0.25, 0.3) is 0 Å². The second kappa shape index (κ2) is 6.00. The van der Waals surface area contributed by atoms with E-state index in [9.17, 15) is 0 Å². The monoisotopic (exact) mass is 290 g/mol. The number of fused-ring (bicyclic) bond motifs is 1. The van der Waals surface area contributed by atoms with E-state index >= 15 is 0 Å². The lowest BCUT2D eigenvalue weighted by molar-refractivity contribution is 0.512. The van der Waals surface area contributed by atoms with Gasteiger partial charge in [-0.1, -0.05) is 5.21 Å². The van der Waals surface area contributed by atoms with Crippen molar-refractivity contribution in [3.05, 3.63) is 36.7 Å². The molecule has 0 aliphatic rings. The van der Waals surface area contributed by atoms with Gasteiger partial charge in [0.15, 0.2) is 0 Å². The Kier molecular flexibility index (Phi) is 3.92. The number of nitrogens with zero attached hydrogens (tertiary/aromatic N) is 6. The summed E-state index contributed by atoms with van der Waals surface area (Å²) in [5, 5.41) is 7.77. The fourth-order valence-corrected chi connectivity index (χ4v) is 2.47. The quantitative estimate of drug-likeness (QED) is 0.651.